The molecule has 6 heteroatoms. The Kier molecular flexibility index (Phi) is 6.56. The predicted molar refractivity (Wildman–Crippen MR) is 125 cm³/mol. The van der Waals surface area contributed by atoms with Gasteiger partial charge in [0.05, 0.1) is 17.6 Å². The standard InChI is InChI=1S/C25H32N4O2/c1-18(2)29-23-11-10-20(26-25(30)17-31-21-9-7-8-19(3)14-21)15-22(23)27-24(29)16-28-12-5-4-6-13-28/h7-11,14-15,18H,4-6,12-13,16-17H2,1-3H3,(H,26,30). The molecule has 1 aromatic heterocycles. The van der Waals surface area contributed by atoms with E-state index in [9.17, 15) is 4.79 Å². The maximum Gasteiger partial charge on any atom is 0.262 e. The van der Waals surface area contributed by atoms with Gasteiger partial charge in [-0.25, -0.2) is 4.98 Å². The van der Waals surface area contributed by atoms with Gasteiger partial charge < -0.3 is 14.6 Å². The van der Waals surface area contributed by atoms with Crippen molar-refractivity contribution in [3.63, 3.8) is 0 Å². The first-order chi connectivity index (χ1) is 15.0. The summed E-state index contributed by atoms with van der Waals surface area (Å²) in [5.41, 5.74) is 3.86. The van der Waals surface area contributed by atoms with Crippen molar-refractivity contribution in [1.82, 2.24) is 14.5 Å². The summed E-state index contributed by atoms with van der Waals surface area (Å²) in [5.74, 6) is 1.61. The van der Waals surface area contributed by atoms with E-state index in [4.69, 9.17) is 9.72 Å². The zero-order chi connectivity index (χ0) is 21.8. The molecular weight excluding hydrogens is 388 g/mol. The fourth-order valence-corrected chi connectivity index (χ4v) is 4.28. The molecule has 4 rings (SSSR count). The second kappa shape index (κ2) is 9.52. The molecule has 164 valence electrons. The highest BCUT2D eigenvalue weighted by Crippen LogP contribution is 2.25. The number of benzene rings is 2. The first kappa shape index (κ1) is 21.4. The highest BCUT2D eigenvalue weighted by molar-refractivity contribution is 5.94. The van der Waals surface area contributed by atoms with Crippen LogP contribution in [0.5, 0.6) is 5.75 Å². The van der Waals surface area contributed by atoms with E-state index in [2.05, 4.69) is 34.7 Å². The molecule has 2 heterocycles. The number of hydrogen-bond donors (Lipinski definition) is 1. The number of hydrogen-bond acceptors (Lipinski definition) is 4. The van der Waals surface area contributed by atoms with Crippen molar-refractivity contribution in [2.45, 2.75) is 52.6 Å². The second-order valence-electron chi connectivity index (χ2n) is 8.69. The van der Waals surface area contributed by atoms with E-state index in [0.717, 1.165) is 47.7 Å². The molecule has 0 aliphatic carbocycles. The summed E-state index contributed by atoms with van der Waals surface area (Å²) < 4.78 is 7.93. The van der Waals surface area contributed by atoms with Crippen molar-refractivity contribution in [2.75, 3.05) is 25.0 Å². The number of nitrogens with zero attached hydrogens (tertiary/aromatic N) is 3. The molecular formula is C25H32N4O2. The molecule has 2 aromatic carbocycles. The number of fused-ring (bicyclic) bond motifs is 1. The molecule has 31 heavy (non-hydrogen) atoms. The molecule has 1 N–H and O–H groups in total. The van der Waals surface area contributed by atoms with Gasteiger partial charge in [0.15, 0.2) is 6.61 Å². The normalized spacial score (nSPS) is 14.8. The third-order valence-corrected chi connectivity index (χ3v) is 5.74. The Balaban J connectivity index is 1.47. The highest BCUT2D eigenvalue weighted by Gasteiger charge is 2.18. The van der Waals surface area contributed by atoms with Gasteiger partial charge >= 0.3 is 0 Å². The Morgan fingerprint density at radius 2 is 1.94 bits per heavy atom. The Bertz CT molecular complexity index is 1050. The van der Waals surface area contributed by atoms with Crippen molar-refractivity contribution in [2.24, 2.45) is 0 Å². The van der Waals surface area contributed by atoms with Gasteiger partial charge in [0.25, 0.3) is 5.91 Å². The van der Waals surface area contributed by atoms with Crippen LogP contribution >= 0.6 is 0 Å². The maximum atomic E-state index is 12.4. The molecule has 0 unspecified atom stereocenters. The molecule has 1 aliphatic rings. The molecule has 1 saturated heterocycles. The van der Waals surface area contributed by atoms with Crippen LogP contribution in [0.2, 0.25) is 0 Å². The zero-order valence-corrected chi connectivity index (χ0v) is 18.7. The van der Waals surface area contributed by atoms with Crippen molar-refractivity contribution in [1.29, 1.82) is 0 Å². The number of anilines is 1. The Morgan fingerprint density at radius 1 is 1.13 bits per heavy atom. The van der Waals surface area contributed by atoms with Gasteiger partial charge in [0.1, 0.15) is 11.6 Å². The molecule has 3 aromatic rings. The molecule has 0 saturated carbocycles. The zero-order valence-electron chi connectivity index (χ0n) is 18.7. The van der Waals surface area contributed by atoms with Crippen LogP contribution in [0, 0.1) is 6.92 Å². The van der Waals surface area contributed by atoms with Crippen LogP contribution in [0.3, 0.4) is 0 Å². The van der Waals surface area contributed by atoms with Crippen molar-refractivity contribution in [3.05, 3.63) is 53.9 Å². The number of aromatic nitrogens is 2. The van der Waals surface area contributed by atoms with E-state index in [-0.39, 0.29) is 12.5 Å². The van der Waals surface area contributed by atoms with Crippen molar-refractivity contribution < 1.29 is 9.53 Å². The number of imidazole rings is 1. The van der Waals surface area contributed by atoms with Crippen LogP contribution in [0.25, 0.3) is 11.0 Å². The molecule has 0 radical (unpaired) electrons. The van der Waals surface area contributed by atoms with E-state index >= 15 is 0 Å². The monoisotopic (exact) mass is 420 g/mol. The summed E-state index contributed by atoms with van der Waals surface area (Å²) in [6, 6.07) is 14.0. The van der Waals surface area contributed by atoms with Crippen LogP contribution in [0.1, 0.15) is 50.5 Å². The fraction of sp³-hybridized carbons (Fsp3) is 0.440. The Morgan fingerprint density at radius 3 is 2.68 bits per heavy atom. The van der Waals surface area contributed by atoms with Crippen LogP contribution < -0.4 is 10.1 Å². The lowest BCUT2D eigenvalue weighted by molar-refractivity contribution is -0.118. The SMILES string of the molecule is Cc1cccc(OCC(=O)Nc2ccc3c(c2)nc(CN2CCCCC2)n3C(C)C)c1. The maximum absolute atomic E-state index is 12.4. The minimum atomic E-state index is -0.183. The predicted octanol–water partition coefficient (Wildman–Crippen LogP) is 4.93. The second-order valence-corrected chi connectivity index (χ2v) is 8.69. The number of carbonyl (C=O) groups excluding carboxylic acids is 1. The summed E-state index contributed by atoms with van der Waals surface area (Å²) in [6.45, 7) is 9.52. The van der Waals surface area contributed by atoms with Gasteiger partial charge in [-0.3, -0.25) is 9.69 Å². The summed E-state index contributed by atoms with van der Waals surface area (Å²) >= 11 is 0. The number of nitrogens with one attached hydrogen (secondary N) is 1. The third-order valence-electron chi connectivity index (χ3n) is 5.74. The highest BCUT2D eigenvalue weighted by atomic mass is 16.5. The van der Waals surface area contributed by atoms with E-state index < -0.39 is 0 Å². The average molecular weight is 421 g/mol. The number of carbonyl (C=O) groups is 1. The van der Waals surface area contributed by atoms with Crippen LogP contribution in [-0.2, 0) is 11.3 Å². The topological polar surface area (TPSA) is 59.4 Å². The van der Waals surface area contributed by atoms with Crippen molar-refractivity contribution >= 4 is 22.6 Å². The largest absolute Gasteiger partial charge is 0.484 e. The van der Waals surface area contributed by atoms with E-state index in [1.807, 2.05) is 43.3 Å². The fourth-order valence-electron chi connectivity index (χ4n) is 4.28. The number of likely N-dealkylation sites (tertiary alicyclic amines) is 1. The lowest BCUT2D eigenvalue weighted by Crippen LogP contribution is -2.30. The summed E-state index contributed by atoms with van der Waals surface area (Å²) in [5, 5.41) is 2.93. The summed E-state index contributed by atoms with van der Waals surface area (Å²) in [7, 11) is 0. The number of amides is 1. The van der Waals surface area contributed by atoms with Crippen molar-refractivity contribution in [3.8, 4) is 5.75 Å². The molecule has 1 amide bonds. The summed E-state index contributed by atoms with van der Waals surface area (Å²) in [4.78, 5) is 19.8. The van der Waals surface area contributed by atoms with Crippen LogP contribution in [0.15, 0.2) is 42.5 Å². The lowest BCUT2D eigenvalue weighted by atomic mass is 10.1. The van der Waals surface area contributed by atoms with Crippen LogP contribution in [0.4, 0.5) is 5.69 Å². The minimum absolute atomic E-state index is 0.0257. The van der Waals surface area contributed by atoms with Gasteiger partial charge in [-0.05, 0) is 82.6 Å². The minimum Gasteiger partial charge on any atom is -0.484 e. The van der Waals surface area contributed by atoms with Crippen LogP contribution in [-0.4, -0.2) is 40.1 Å². The quantitative estimate of drug-likeness (QED) is 0.589. The molecule has 1 fully saturated rings. The summed E-state index contributed by atoms with van der Waals surface area (Å²) in [6.07, 6.45) is 3.86. The number of aryl methyl sites for hydroxylation is 1. The van der Waals surface area contributed by atoms with E-state index in [0.29, 0.717) is 11.8 Å². The van der Waals surface area contributed by atoms with Gasteiger partial charge in [0, 0.05) is 11.7 Å². The molecule has 0 bridgehead atoms. The molecule has 1 aliphatic heterocycles. The average Bonchev–Trinajstić information content (AvgIpc) is 3.10. The Hall–Kier alpha value is -2.86. The Labute approximate surface area is 184 Å². The number of piperidine rings is 1. The molecule has 6 nitrogen and oxygen atoms in total. The van der Waals surface area contributed by atoms with Gasteiger partial charge in [-0.1, -0.05) is 18.6 Å². The van der Waals surface area contributed by atoms with E-state index in [1.54, 1.807) is 0 Å². The first-order valence-electron chi connectivity index (χ1n) is 11.2. The van der Waals surface area contributed by atoms with E-state index in [1.165, 1.54) is 19.3 Å². The van der Waals surface area contributed by atoms with Gasteiger partial charge in [0.2, 0.25) is 0 Å². The third kappa shape index (κ3) is 5.25. The molecule has 0 atom stereocenters. The first-order valence-corrected chi connectivity index (χ1v) is 11.2. The van der Waals surface area contributed by atoms with Gasteiger partial charge in [-0.15, -0.1) is 0 Å². The number of ether oxygens (including phenoxy) is 1. The lowest BCUT2D eigenvalue weighted by Gasteiger charge is -2.26. The van der Waals surface area contributed by atoms with Gasteiger partial charge in [-0.2, -0.15) is 0 Å². The smallest absolute Gasteiger partial charge is 0.262 e. The number of rotatable bonds is 7. The molecule has 0 spiro atoms.